The van der Waals surface area contributed by atoms with Gasteiger partial charge in [-0.2, -0.15) is 0 Å². The molecule has 2 unspecified atom stereocenters. The van der Waals surface area contributed by atoms with Gasteiger partial charge in [0, 0.05) is 18.1 Å². The van der Waals surface area contributed by atoms with Gasteiger partial charge in [0.2, 0.25) is 0 Å². The van der Waals surface area contributed by atoms with E-state index in [9.17, 15) is 0 Å². The summed E-state index contributed by atoms with van der Waals surface area (Å²) in [4.78, 5) is 7.67. The lowest BCUT2D eigenvalue weighted by atomic mass is 9.81. The van der Waals surface area contributed by atoms with Gasteiger partial charge < -0.3 is 4.57 Å². The number of nitrogens with zero attached hydrogens (tertiary/aromatic N) is 3. The van der Waals surface area contributed by atoms with Crippen molar-refractivity contribution in [3.63, 3.8) is 0 Å². The number of fused-ring (bicyclic) bond motifs is 3. The van der Waals surface area contributed by atoms with E-state index in [0.29, 0.717) is 6.04 Å². The van der Waals surface area contributed by atoms with Crippen molar-refractivity contribution >= 4 is 11.0 Å². The first-order chi connectivity index (χ1) is 14.0. The molecule has 3 aromatic rings. The first kappa shape index (κ1) is 18.9. The normalized spacial score (nSPS) is 25.0. The molecule has 0 saturated carbocycles. The molecule has 2 bridgehead atoms. The molecule has 29 heavy (non-hydrogen) atoms. The van der Waals surface area contributed by atoms with Crippen LogP contribution in [0.15, 0.2) is 54.6 Å². The van der Waals surface area contributed by atoms with Gasteiger partial charge in [-0.1, -0.05) is 56.3 Å². The summed E-state index contributed by atoms with van der Waals surface area (Å²) in [6.07, 6.45) is 6.48. The minimum Gasteiger partial charge on any atom is -0.325 e. The smallest absolute Gasteiger partial charge is 0.106 e. The Morgan fingerprint density at radius 2 is 1.55 bits per heavy atom. The van der Waals surface area contributed by atoms with Crippen molar-refractivity contribution in [1.82, 2.24) is 14.5 Å². The molecule has 0 radical (unpaired) electrons. The van der Waals surface area contributed by atoms with Crippen LogP contribution in [0.2, 0.25) is 0 Å². The number of piperidine rings is 1. The Hall–Kier alpha value is -2.13. The second kappa shape index (κ2) is 7.28. The third-order valence-corrected chi connectivity index (χ3v) is 7.55. The van der Waals surface area contributed by atoms with Gasteiger partial charge in [-0.05, 0) is 68.7 Å². The van der Waals surface area contributed by atoms with Crippen LogP contribution in [0.5, 0.6) is 0 Å². The third kappa shape index (κ3) is 3.40. The highest BCUT2D eigenvalue weighted by atomic mass is 15.2. The lowest BCUT2D eigenvalue weighted by Gasteiger charge is -2.41. The number of imidazole rings is 1. The number of para-hydroxylation sites is 2. The summed E-state index contributed by atoms with van der Waals surface area (Å²) in [5.41, 5.74) is 4.15. The van der Waals surface area contributed by atoms with Crippen LogP contribution < -0.4 is 0 Å². The predicted molar refractivity (Wildman–Crippen MR) is 120 cm³/mol. The molecule has 2 atom stereocenters. The van der Waals surface area contributed by atoms with Crippen molar-refractivity contribution in [2.24, 2.45) is 0 Å². The van der Waals surface area contributed by atoms with E-state index >= 15 is 0 Å². The summed E-state index contributed by atoms with van der Waals surface area (Å²) in [5.74, 6) is 1.18. The minimum atomic E-state index is 0.231. The fourth-order valence-corrected chi connectivity index (χ4v) is 5.89. The summed E-state index contributed by atoms with van der Waals surface area (Å²) in [6, 6.07) is 21.7. The van der Waals surface area contributed by atoms with Crippen molar-refractivity contribution in [3.8, 4) is 0 Å². The average molecular weight is 388 g/mol. The summed E-state index contributed by atoms with van der Waals surface area (Å²) < 4.78 is 2.53. The Labute approximate surface area is 174 Å². The van der Waals surface area contributed by atoms with Gasteiger partial charge in [0.05, 0.1) is 11.0 Å². The number of aryl methyl sites for hydroxylation is 1. The van der Waals surface area contributed by atoms with Crippen molar-refractivity contribution in [2.45, 2.75) is 76.4 Å². The Morgan fingerprint density at radius 1 is 0.897 bits per heavy atom. The SMILES string of the molecule is Cc1nc2ccccc2n1C1CC2CCC(C1)N2CCC(C)(C)c1ccccc1. The maximum absolute atomic E-state index is 4.83. The van der Waals surface area contributed by atoms with Gasteiger partial charge in [0.1, 0.15) is 5.82 Å². The first-order valence-corrected chi connectivity index (χ1v) is 11.3. The molecule has 1 aromatic heterocycles. The van der Waals surface area contributed by atoms with Gasteiger partial charge in [0.15, 0.2) is 0 Å². The quantitative estimate of drug-likeness (QED) is 0.545. The lowest BCUT2D eigenvalue weighted by molar-refractivity contribution is 0.0994. The molecule has 3 heteroatoms. The Morgan fingerprint density at radius 3 is 2.28 bits per heavy atom. The highest BCUT2D eigenvalue weighted by molar-refractivity contribution is 5.76. The van der Waals surface area contributed by atoms with Gasteiger partial charge in [0.25, 0.3) is 0 Å². The summed E-state index contributed by atoms with van der Waals surface area (Å²) >= 11 is 0. The van der Waals surface area contributed by atoms with E-state index in [4.69, 9.17) is 4.98 Å². The predicted octanol–water partition coefficient (Wildman–Crippen LogP) is 5.88. The van der Waals surface area contributed by atoms with Crippen molar-refractivity contribution < 1.29 is 0 Å². The Bertz CT molecular complexity index is 974. The minimum absolute atomic E-state index is 0.231. The summed E-state index contributed by atoms with van der Waals surface area (Å²) in [5, 5.41) is 0. The van der Waals surface area contributed by atoms with Gasteiger partial charge >= 0.3 is 0 Å². The zero-order valence-corrected chi connectivity index (χ0v) is 18.0. The van der Waals surface area contributed by atoms with Crippen LogP contribution in [0, 0.1) is 6.92 Å². The molecular weight excluding hydrogens is 354 g/mol. The second-order valence-corrected chi connectivity index (χ2v) is 9.77. The number of rotatable bonds is 5. The molecule has 2 aliphatic heterocycles. The molecule has 0 amide bonds. The number of hydrogen-bond donors (Lipinski definition) is 0. The van der Waals surface area contributed by atoms with Crippen LogP contribution >= 0.6 is 0 Å². The van der Waals surface area contributed by atoms with Crippen molar-refractivity contribution in [2.75, 3.05) is 6.54 Å². The molecule has 2 fully saturated rings. The van der Waals surface area contributed by atoms with Gasteiger partial charge in [-0.3, -0.25) is 4.90 Å². The molecule has 152 valence electrons. The maximum Gasteiger partial charge on any atom is 0.106 e. The topological polar surface area (TPSA) is 21.1 Å². The van der Waals surface area contributed by atoms with E-state index in [1.165, 1.54) is 55.6 Å². The van der Waals surface area contributed by atoms with Gasteiger partial charge in [-0.15, -0.1) is 0 Å². The van der Waals surface area contributed by atoms with Crippen LogP contribution in [0.4, 0.5) is 0 Å². The van der Waals surface area contributed by atoms with E-state index in [1.54, 1.807) is 0 Å². The fraction of sp³-hybridized carbons (Fsp3) is 0.500. The molecule has 2 aromatic carbocycles. The summed E-state index contributed by atoms with van der Waals surface area (Å²) in [7, 11) is 0. The highest BCUT2D eigenvalue weighted by Crippen LogP contribution is 2.43. The maximum atomic E-state index is 4.83. The van der Waals surface area contributed by atoms with Crippen molar-refractivity contribution in [3.05, 3.63) is 66.0 Å². The second-order valence-electron chi connectivity index (χ2n) is 9.77. The number of benzene rings is 2. The van der Waals surface area contributed by atoms with E-state index in [2.05, 4.69) is 84.8 Å². The van der Waals surface area contributed by atoms with Crippen LogP contribution in [-0.4, -0.2) is 33.1 Å². The Balaban J connectivity index is 1.31. The molecule has 0 aliphatic carbocycles. The monoisotopic (exact) mass is 387 g/mol. The van der Waals surface area contributed by atoms with E-state index in [0.717, 1.165) is 17.6 Å². The fourth-order valence-electron chi connectivity index (χ4n) is 5.89. The van der Waals surface area contributed by atoms with Crippen LogP contribution in [-0.2, 0) is 5.41 Å². The van der Waals surface area contributed by atoms with Crippen LogP contribution in [0.25, 0.3) is 11.0 Å². The van der Waals surface area contributed by atoms with Gasteiger partial charge in [-0.25, -0.2) is 4.98 Å². The zero-order chi connectivity index (χ0) is 20.0. The molecule has 2 saturated heterocycles. The number of aromatic nitrogens is 2. The first-order valence-electron chi connectivity index (χ1n) is 11.3. The molecular formula is C26H33N3. The average Bonchev–Trinajstić information content (AvgIpc) is 3.18. The largest absolute Gasteiger partial charge is 0.325 e. The van der Waals surface area contributed by atoms with Crippen molar-refractivity contribution in [1.29, 1.82) is 0 Å². The molecule has 2 aliphatic rings. The molecule has 0 N–H and O–H groups in total. The molecule has 3 heterocycles. The van der Waals surface area contributed by atoms with E-state index < -0.39 is 0 Å². The van der Waals surface area contributed by atoms with Crippen LogP contribution in [0.3, 0.4) is 0 Å². The van der Waals surface area contributed by atoms with E-state index in [1.807, 2.05) is 0 Å². The van der Waals surface area contributed by atoms with E-state index in [-0.39, 0.29) is 5.41 Å². The molecule has 0 spiro atoms. The summed E-state index contributed by atoms with van der Waals surface area (Å²) in [6.45, 7) is 8.19. The standard InChI is InChI=1S/C26H33N3/c1-19-27-24-11-7-8-12-25(24)29(19)23-17-21-13-14-22(18-23)28(21)16-15-26(2,3)20-9-5-4-6-10-20/h4-12,21-23H,13-18H2,1-3H3. The molecule has 3 nitrogen and oxygen atoms in total. The van der Waals surface area contributed by atoms with Crippen LogP contribution in [0.1, 0.15) is 63.4 Å². The molecule has 5 rings (SSSR count). The number of hydrogen-bond acceptors (Lipinski definition) is 2. The lowest BCUT2D eigenvalue weighted by Crippen LogP contribution is -2.45. The highest BCUT2D eigenvalue weighted by Gasteiger charge is 2.42. The Kier molecular flexibility index (Phi) is 4.74. The third-order valence-electron chi connectivity index (χ3n) is 7.55. The zero-order valence-electron chi connectivity index (χ0n) is 18.0.